The smallest absolute Gasteiger partial charge is 0.226 e. The first-order valence-corrected chi connectivity index (χ1v) is 8.38. The molecule has 2 rings (SSSR count). The van der Waals surface area contributed by atoms with Crippen molar-refractivity contribution in [3.8, 4) is 11.5 Å². The number of nitrogens with one attached hydrogen (secondary N) is 1. The lowest BCUT2D eigenvalue weighted by molar-refractivity contribution is -0.117. The molecule has 0 heterocycles. The number of ether oxygens (including phenoxy) is 2. The largest absolute Gasteiger partial charge is 0.497 e. The molecule has 0 saturated carbocycles. The van der Waals surface area contributed by atoms with Gasteiger partial charge >= 0.3 is 0 Å². The van der Waals surface area contributed by atoms with Crippen LogP contribution in [0.25, 0.3) is 0 Å². The summed E-state index contributed by atoms with van der Waals surface area (Å²) in [6, 6.07) is 12.1. The zero-order valence-corrected chi connectivity index (χ0v) is 15.7. The molecular weight excluding hydrogens is 356 g/mol. The van der Waals surface area contributed by atoms with Gasteiger partial charge in [0.25, 0.3) is 0 Å². The Balaban J connectivity index is 2.01. The second kappa shape index (κ2) is 9.10. The number of nitrogens with zero attached hydrogens (tertiary/aromatic N) is 1. The van der Waals surface area contributed by atoms with E-state index in [1.54, 1.807) is 49.6 Å². The predicted molar refractivity (Wildman–Crippen MR) is 102 cm³/mol. The van der Waals surface area contributed by atoms with Gasteiger partial charge in [0, 0.05) is 37.3 Å². The second-order valence-electron chi connectivity index (χ2n) is 5.52. The van der Waals surface area contributed by atoms with Crippen molar-refractivity contribution in [3.63, 3.8) is 0 Å². The fourth-order valence-corrected chi connectivity index (χ4v) is 2.69. The third-order valence-electron chi connectivity index (χ3n) is 3.74. The van der Waals surface area contributed by atoms with E-state index in [1.807, 2.05) is 0 Å². The van der Waals surface area contributed by atoms with Gasteiger partial charge in [-0.15, -0.1) is 0 Å². The Morgan fingerprint density at radius 1 is 1.12 bits per heavy atom. The summed E-state index contributed by atoms with van der Waals surface area (Å²) in [5, 5.41) is 3.17. The number of hydrogen-bond acceptors (Lipinski definition) is 4. The van der Waals surface area contributed by atoms with Crippen molar-refractivity contribution in [1.29, 1.82) is 0 Å². The Morgan fingerprint density at radius 3 is 2.50 bits per heavy atom. The SMILES string of the molecule is COc1cccc(N(CCC(=O)Nc2ccc(OC)c(Cl)c2)C(C)=O)c1. The molecule has 7 heteroatoms. The van der Waals surface area contributed by atoms with Gasteiger partial charge in [0.15, 0.2) is 0 Å². The molecule has 26 heavy (non-hydrogen) atoms. The minimum atomic E-state index is -0.222. The van der Waals surface area contributed by atoms with Crippen LogP contribution in [-0.4, -0.2) is 32.6 Å². The summed E-state index contributed by atoms with van der Waals surface area (Å²) in [5.74, 6) is 0.801. The molecule has 0 radical (unpaired) electrons. The number of anilines is 2. The van der Waals surface area contributed by atoms with Gasteiger partial charge in [0.05, 0.1) is 19.2 Å². The summed E-state index contributed by atoms with van der Waals surface area (Å²) in [5.41, 5.74) is 1.24. The first-order chi connectivity index (χ1) is 12.4. The number of benzene rings is 2. The highest BCUT2D eigenvalue weighted by Gasteiger charge is 2.14. The average molecular weight is 377 g/mol. The Bertz CT molecular complexity index is 795. The normalized spacial score (nSPS) is 10.2. The highest BCUT2D eigenvalue weighted by atomic mass is 35.5. The highest BCUT2D eigenvalue weighted by molar-refractivity contribution is 6.32. The molecule has 1 N–H and O–H groups in total. The van der Waals surface area contributed by atoms with Crippen LogP contribution in [0.2, 0.25) is 5.02 Å². The third kappa shape index (κ3) is 5.13. The van der Waals surface area contributed by atoms with Crippen molar-refractivity contribution in [2.45, 2.75) is 13.3 Å². The van der Waals surface area contributed by atoms with Gasteiger partial charge in [0.2, 0.25) is 11.8 Å². The summed E-state index contributed by atoms with van der Waals surface area (Å²) in [6.07, 6.45) is 0.139. The molecule has 0 unspecified atom stereocenters. The molecule has 0 aliphatic rings. The van der Waals surface area contributed by atoms with E-state index in [0.29, 0.717) is 27.9 Å². The van der Waals surface area contributed by atoms with Crippen LogP contribution in [-0.2, 0) is 9.59 Å². The van der Waals surface area contributed by atoms with Crippen molar-refractivity contribution in [3.05, 3.63) is 47.5 Å². The van der Waals surface area contributed by atoms with E-state index in [2.05, 4.69) is 5.32 Å². The third-order valence-corrected chi connectivity index (χ3v) is 4.04. The van der Waals surface area contributed by atoms with Crippen LogP contribution in [0.3, 0.4) is 0 Å². The molecule has 0 atom stereocenters. The average Bonchev–Trinajstić information content (AvgIpc) is 2.62. The number of carbonyl (C=O) groups excluding carboxylic acids is 2. The summed E-state index contributed by atoms with van der Waals surface area (Å²) in [6.45, 7) is 1.71. The van der Waals surface area contributed by atoms with Crippen LogP contribution in [0.1, 0.15) is 13.3 Å². The van der Waals surface area contributed by atoms with Crippen molar-refractivity contribution in [2.24, 2.45) is 0 Å². The first kappa shape index (κ1) is 19.6. The Morgan fingerprint density at radius 2 is 1.88 bits per heavy atom. The van der Waals surface area contributed by atoms with Gasteiger partial charge in [-0.3, -0.25) is 9.59 Å². The molecule has 2 aromatic rings. The molecule has 0 aliphatic carbocycles. The van der Waals surface area contributed by atoms with E-state index in [9.17, 15) is 9.59 Å². The maximum Gasteiger partial charge on any atom is 0.226 e. The molecule has 0 aliphatic heterocycles. The fourth-order valence-electron chi connectivity index (χ4n) is 2.43. The van der Waals surface area contributed by atoms with Crippen LogP contribution < -0.4 is 19.7 Å². The second-order valence-corrected chi connectivity index (χ2v) is 5.93. The number of amides is 2. The predicted octanol–water partition coefficient (Wildman–Crippen LogP) is 3.74. The molecule has 2 amide bonds. The van der Waals surface area contributed by atoms with E-state index in [0.717, 1.165) is 0 Å². The zero-order valence-electron chi connectivity index (χ0n) is 14.9. The number of methoxy groups -OCH3 is 2. The number of rotatable bonds is 7. The van der Waals surface area contributed by atoms with Crippen molar-refractivity contribution in [2.75, 3.05) is 31.0 Å². The van der Waals surface area contributed by atoms with Gasteiger partial charge in [0.1, 0.15) is 11.5 Å². The molecule has 0 spiro atoms. The molecule has 0 saturated heterocycles. The first-order valence-electron chi connectivity index (χ1n) is 8.00. The van der Waals surface area contributed by atoms with E-state index in [-0.39, 0.29) is 24.8 Å². The number of carbonyl (C=O) groups is 2. The fraction of sp³-hybridized carbons (Fsp3) is 0.263. The molecular formula is C19H21ClN2O4. The number of hydrogen-bond donors (Lipinski definition) is 1. The Hall–Kier alpha value is -2.73. The molecule has 0 bridgehead atoms. The molecule has 6 nitrogen and oxygen atoms in total. The van der Waals surface area contributed by atoms with Gasteiger partial charge in [-0.25, -0.2) is 0 Å². The molecule has 138 valence electrons. The lowest BCUT2D eigenvalue weighted by Crippen LogP contribution is -2.31. The minimum Gasteiger partial charge on any atom is -0.497 e. The van der Waals surface area contributed by atoms with Crippen LogP contribution in [0, 0.1) is 0 Å². The highest BCUT2D eigenvalue weighted by Crippen LogP contribution is 2.27. The maximum atomic E-state index is 12.2. The van der Waals surface area contributed by atoms with Gasteiger partial charge in [-0.2, -0.15) is 0 Å². The van der Waals surface area contributed by atoms with E-state index >= 15 is 0 Å². The summed E-state index contributed by atoms with van der Waals surface area (Å²) < 4.78 is 10.3. The van der Waals surface area contributed by atoms with Gasteiger partial charge in [-0.05, 0) is 30.3 Å². The minimum absolute atomic E-state index is 0.139. The van der Waals surface area contributed by atoms with Crippen LogP contribution in [0.5, 0.6) is 11.5 Å². The summed E-state index contributed by atoms with van der Waals surface area (Å²) in [7, 11) is 3.08. The van der Waals surface area contributed by atoms with E-state index in [1.165, 1.54) is 18.9 Å². The van der Waals surface area contributed by atoms with Gasteiger partial charge < -0.3 is 19.7 Å². The molecule has 0 aromatic heterocycles. The van der Waals surface area contributed by atoms with Crippen LogP contribution >= 0.6 is 11.6 Å². The Labute approximate surface area is 157 Å². The molecule has 2 aromatic carbocycles. The van der Waals surface area contributed by atoms with Crippen molar-refractivity contribution < 1.29 is 19.1 Å². The summed E-state index contributed by atoms with van der Waals surface area (Å²) >= 11 is 6.05. The monoisotopic (exact) mass is 376 g/mol. The lowest BCUT2D eigenvalue weighted by Gasteiger charge is -2.21. The maximum absolute atomic E-state index is 12.2. The lowest BCUT2D eigenvalue weighted by atomic mass is 10.2. The van der Waals surface area contributed by atoms with Crippen LogP contribution in [0.4, 0.5) is 11.4 Å². The Kier molecular flexibility index (Phi) is 6.86. The number of halogens is 1. The van der Waals surface area contributed by atoms with Crippen LogP contribution in [0.15, 0.2) is 42.5 Å². The standard InChI is InChI=1S/C19H21ClN2O4/c1-13(23)22(15-5-4-6-16(12-15)25-2)10-9-19(24)21-14-7-8-18(26-3)17(20)11-14/h4-8,11-12H,9-10H2,1-3H3,(H,21,24). The topological polar surface area (TPSA) is 67.9 Å². The quantitative estimate of drug-likeness (QED) is 0.799. The molecule has 0 fully saturated rings. The van der Waals surface area contributed by atoms with E-state index < -0.39 is 0 Å². The van der Waals surface area contributed by atoms with Crippen molar-refractivity contribution >= 4 is 34.8 Å². The van der Waals surface area contributed by atoms with E-state index in [4.69, 9.17) is 21.1 Å². The summed E-state index contributed by atoms with van der Waals surface area (Å²) in [4.78, 5) is 25.7. The zero-order chi connectivity index (χ0) is 19.1. The van der Waals surface area contributed by atoms with Crippen molar-refractivity contribution in [1.82, 2.24) is 0 Å². The van der Waals surface area contributed by atoms with Gasteiger partial charge in [-0.1, -0.05) is 17.7 Å².